The predicted molar refractivity (Wildman–Crippen MR) is 103 cm³/mol. The first-order valence-electron chi connectivity index (χ1n) is 8.65. The molecule has 1 fully saturated rings. The SMILES string of the molecule is O=C1C[C@@H](P(=O)(c2ccccc2)c2ccccc2)[C@@H](c2ccccc2)O1. The van der Waals surface area contributed by atoms with Crippen molar-refractivity contribution in [3.8, 4) is 0 Å². The standard InChI is InChI=1S/C22H19O3P/c23-21-16-20(22(25-21)17-10-4-1-5-11-17)26(24,18-12-6-2-7-13-18)19-14-8-3-9-15-19/h1-15,20,22H,16H2/t20-,22-/m1/s1. The molecule has 1 saturated heterocycles. The number of hydrogen-bond acceptors (Lipinski definition) is 3. The van der Waals surface area contributed by atoms with Crippen LogP contribution in [0.25, 0.3) is 0 Å². The molecule has 0 saturated carbocycles. The van der Waals surface area contributed by atoms with E-state index in [1.54, 1.807) is 0 Å². The molecule has 0 unspecified atom stereocenters. The van der Waals surface area contributed by atoms with Gasteiger partial charge < -0.3 is 9.30 Å². The lowest BCUT2D eigenvalue weighted by molar-refractivity contribution is -0.141. The van der Waals surface area contributed by atoms with Gasteiger partial charge in [0, 0.05) is 10.6 Å². The van der Waals surface area contributed by atoms with Crippen LogP contribution in [-0.2, 0) is 14.1 Å². The van der Waals surface area contributed by atoms with Crippen molar-refractivity contribution in [1.29, 1.82) is 0 Å². The first-order valence-corrected chi connectivity index (χ1v) is 10.4. The van der Waals surface area contributed by atoms with Gasteiger partial charge in [0.2, 0.25) is 0 Å². The number of cyclic esters (lactones) is 1. The van der Waals surface area contributed by atoms with Crippen molar-refractivity contribution < 1.29 is 14.1 Å². The maximum atomic E-state index is 14.5. The molecule has 1 heterocycles. The van der Waals surface area contributed by atoms with Crippen molar-refractivity contribution in [3.63, 3.8) is 0 Å². The van der Waals surface area contributed by atoms with Crippen LogP contribution in [0.3, 0.4) is 0 Å². The van der Waals surface area contributed by atoms with E-state index in [-0.39, 0.29) is 12.4 Å². The summed E-state index contributed by atoms with van der Waals surface area (Å²) in [5.74, 6) is -0.295. The fourth-order valence-electron chi connectivity index (χ4n) is 3.63. The van der Waals surface area contributed by atoms with Crippen molar-refractivity contribution in [3.05, 3.63) is 96.6 Å². The number of ether oxygens (including phenoxy) is 1. The third kappa shape index (κ3) is 2.89. The Hall–Kier alpha value is -2.64. The van der Waals surface area contributed by atoms with Crippen molar-refractivity contribution in [2.45, 2.75) is 18.2 Å². The smallest absolute Gasteiger partial charge is 0.307 e. The molecule has 3 aromatic rings. The molecule has 3 aromatic carbocycles. The highest BCUT2D eigenvalue weighted by Gasteiger charge is 2.49. The maximum absolute atomic E-state index is 14.5. The van der Waals surface area contributed by atoms with E-state index in [0.29, 0.717) is 0 Å². The summed E-state index contributed by atoms with van der Waals surface area (Å²) in [5.41, 5.74) is 0.470. The van der Waals surface area contributed by atoms with Gasteiger partial charge in [-0.25, -0.2) is 0 Å². The second-order valence-corrected chi connectivity index (χ2v) is 9.43. The fourth-order valence-corrected chi connectivity index (χ4v) is 6.94. The average Bonchev–Trinajstić information content (AvgIpc) is 3.11. The Labute approximate surface area is 153 Å². The molecule has 1 aliphatic heterocycles. The molecule has 0 radical (unpaired) electrons. The lowest BCUT2D eigenvalue weighted by atomic mass is 10.1. The topological polar surface area (TPSA) is 43.4 Å². The van der Waals surface area contributed by atoms with E-state index < -0.39 is 18.9 Å². The van der Waals surface area contributed by atoms with Gasteiger partial charge in [0.15, 0.2) is 7.14 Å². The normalized spacial score (nSPS) is 19.9. The molecule has 0 spiro atoms. The summed E-state index contributed by atoms with van der Waals surface area (Å²) in [6.07, 6.45) is -0.351. The number of carbonyl (C=O) groups excluding carboxylic acids is 1. The van der Waals surface area contributed by atoms with E-state index in [9.17, 15) is 9.36 Å². The van der Waals surface area contributed by atoms with Crippen molar-refractivity contribution in [2.75, 3.05) is 0 Å². The molecule has 4 heteroatoms. The summed E-state index contributed by atoms with van der Waals surface area (Å²) in [4.78, 5) is 12.2. The average molecular weight is 362 g/mol. The van der Waals surface area contributed by atoms with Crippen molar-refractivity contribution in [1.82, 2.24) is 0 Å². The largest absolute Gasteiger partial charge is 0.457 e. The summed E-state index contributed by atoms with van der Waals surface area (Å²) < 4.78 is 20.2. The molecule has 3 nitrogen and oxygen atoms in total. The Morgan fingerprint density at radius 2 is 1.19 bits per heavy atom. The minimum absolute atomic E-state index is 0.153. The Morgan fingerprint density at radius 3 is 1.69 bits per heavy atom. The number of rotatable bonds is 4. The fraction of sp³-hybridized carbons (Fsp3) is 0.136. The van der Waals surface area contributed by atoms with Gasteiger partial charge in [0.05, 0.1) is 12.1 Å². The third-order valence-corrected chi connectivity index (χ3v) is 8.38. The second-order valence-electron chi connectivity index (χ2n) is 6.42. The second kappa shape index (κ2) is 6.93. The van der Waals surface area contributed by atoms with Gasteiger partial charge in [-0.3, -0.25) is 4.79 Å². The van der Waals surface area contributed by atoms with Crippen LogP contribution in [0, 0.1) is 0 Å². The maximum Gasteiger partial charge on any atom is 0.307 e. The number of esters is 1. The zero-order chi connectivity index (χ0) is 18.0. The first kappa shape index (κ1) is 16.8. The van der Waals surface area contributed by atoms with E-state index in [1.165, 1.54) is 0 Å². The highest BCUT2D eigenvalue weighted by atomic mass is 31.2. The summed E-state index contributed by atoms with van der Waals surface area (Å²) in [6, 6.07) is 28.5. The van der Waals surface area contributed by atoms with E-state index in [1.807, 2.05) is 91.0 Å². The monoisotopic (exact) mass is 362 g/mol. The van der Waals surface area contributed by atoms with Crippen LogP contribution in [-0.4, -0.2) is 11.6 Å². The summed E-state index contributed by atoms with van der Waals surface area (Å²) >= 11 is 0. The summed E-state index contributed by atoms with van der Waals surface area (Å²) in [6.45, 7) is 0. The van der Waals surface area contributed by atoms with Crippen LogP contribution in [0.5, 0.6) is 0 Å². The molecule has 130 valence electrons. The van der Waals surface area contributed by atoms with Gasteiger partial charge in [0.25, 0.3) is 0 Å². The molecule has 1 aliphatic rings. The van der Waals surface area contributed by atoms with Gasteiger partial charge in [0.1, 0.15) is 6.10 Å². The van der Waals surface area contributed by atoms with Crippen LogP contribution < -0.4 is 10.6 Å². The Balaban J connectivity index is 1.89. The number of hydrogen-bond donors (Lipinski definition) is 0. The molecule has 2 atom stereocenters. The minimum atomic E-state index is -3.08. The highest BCUT2D eigenvalue weighted by Crippen LogP contribution is 2.57. The van der Waals surface area contributed by atoms with Crippen LogP contribution in [0.15, 0.2) is 91.0 Å². The highest BCUT2D eigenvalue weighted by molar-refractivity contribution is 7.79. The summed E-state index contributed by atoms with van der Waals surface area (Å²) in [7, 11) is -3.08. The quantitative estimate of drug-likeness (QED) is 0.519. The molecule has 0 bridgehead atoms. The van der Waals surface area contributed by atoms with E-state index in [2.05, 4.69) is 0 Å². The van der Waals surface area contributed by atoms with E-state index in [4.69, 9.17) is 4.74 Å². The van der Waals surface area contributed by atoms with Gasteiger partial charge in [-0.05, 0) is 5.56 Å². The van der Waals surface area contributed by atoms with E-state index in [0.717, 1.165) is 16.2 Å². The summed E-state index contributed by atoms with van der Waals surface area (Å²) in [5, 5.41) is 1.52. The number of carbonyl (C=O) groups is 1. The molecule has 26 heavy (non-hydrogen) atoms. The molecule has 4 rings (SSSR count). The molecular weight excluding hydrogens is 343 g/mol. The third-order valence-electron chi connectivity index (χ3n) is 4.86. The van der Waals surface area contributed by atoms with Crippen LogP contribution in [0.4, 0.5) is 0 Å². The van der Waals surface area contributed by atoms with Crippen molar-refractivity contribution in [2.24, 2.45) is 0 Å². The predicted octanol–water partition coefficient (Wildman–Crippen LogP) is 4.06. The van der Waals surface area contributed by atoms with Gasteiger partial charge in [-0.1, -0.05) is 91.0 Å². The Morgan fingerprint density at radius 1 is 0.731 bits per heavy atom. The molecule has 0 amide bonds. The molecule has 0 aromatic heterocycles. The van der Waals surface area contributed by atoms with Crippen LogP contribution in [0.2, 0.25) is 0 Å². The van der Waals surface area contributed by atoms with Crippen LogP contribution in [0.1, 0.15) is 18.1 Å². The lowest BCUT2D eigenvalue weighted by Gasteiger charge is -2.28. The van der Waals surface area contributed by atoms with Gasteiger partial charge in [-0.15, -0.1) is 0 Å². The van der Waals surface area contributed by atoms with Gasteiger partial charge >= 0.3 is 5.97 Å². The number of benzene rings is 3. The Bertz CT molecular complexity index is 895. The van der Waals surface area contributed by atoms with Crippen molar-refractivity contribution >= 4 is 23.7 Å². The Kier molecular flexibility index (Phi) is 4.48. The molecule has 0 aliphatic carbocycles. The zero-order valence-corrected chi connectivity index (χ0v) is 15.1. The first-order chi connectivity index (χ1) is 12.7. The van der Waals surface area contributed by atoms with E-state index >= 15 is 0 Å². The zero-order valence-electron chi connectivity index (χ0n) is 14.2. The lowest BCUT2D eigenvalue weighted by Crippen LogP contribution is -2.28. The van der Waals surface area contributed by atoms with Crippen LogP contribution >= 0.6 is 7.14 Å². The van der Waals surface area contributed by atoms with Gasteiger partial charge in [-0.2, -0.15) is 0 Å². The molecule has 0 N–H and O–H groups in total. The molecular formula is C22H19O3P. The minimum Gasteiger partial charge on any atom is -0.457 e.